The Kier molecular flexibility index (Phi) is 4.23. The first-order valence-corrected chi connectivity index (χ1v) is 6.25. The van der Waals surface area contributed by atoms with E-state index in [2.05, 4.69) is 9.97 Å². The number of carbonyl (C=O) groups is 1. The molecule has 4 nitrogen and oxygen atoms in total. The van der Waals surface area contributed by atoms with E-state index in [9.17, 15) is 4.79 Å². The summed E-state index contributed by atoms with van der Waals surface area (Å²) in [5.74, 6) is 1.42. The van der Waals surface area contributed by atoms with Gasteiger partial charge in [-0.2, -0.15) is 0 Å². The first-order valence-electron chi connectivity index (χ1n) is 6.25. The van der Waals surface area contributed by atoms with Gasteiger partial charge in [-0.15, -0.1) is 0 Å². The van der Waals surface area contributed by atoms with E-state index < -0.39 is 0 Å². The zero-order chi connectivity index (χ0) is 13.7. The van der Waals surface area contributed by atoms with Crippen LogP contribution in [0.3, 0.4) is 0 Å². The lowest BCUT2D eigenvalue weighted by molar-refractivity contribution is 0.112. The van der Waals surface area contributed by atoms with Crippen molar-refractivity contribution in [2.45, 2.75) is 20.3 Å². The van der Waals surface area contributed by atoms with Gasteiger partial charge in [0.2, 0.25) is 0 Å². The fourth-order valence-electron chi connectivity index (χ4n) is 1.70. The smallest absolute Gasteiger partial charge is 0.150 e. The van der Waals surface area contributed by atoms with Gasteiger partial charge in [-0.25, -0.2) is 9.97 Å². The van der Waals surface area contributed by atoms with Crippen molar-refractivity contribution in [3.63, 3.8) is 0 Å². The molecule has 98 valence electrons. The molecule has 0 saturated heterocycles. The molecule has 0 amide bonds. The number of carbonyl (C=O) groups excluding carboxylic acids is 1. The predicted octanol–water partition coefficient (Wildman–Crippen LogP) is 3.05. The van der Waals surface area contributed by atoms with Crippen LogP contribution in [0.1, 0.15) is 29.5 Å². The van der Waals surface area contributed by atoms with E-state index in [-0.39, 0.29) is 0 Å². The minimum Gasteiger partial charge on any atom is -0.494 e. The SMILES string of the molecule is CCCOc1cc(C=O)cc(-c2cnc(C)nc2)c1. The number of aromatic nitrogens is 2. The van der Waals surface area contributed by atoms with Crippen molar-refractivity contribution < 1.29 is 9.53 Å². The minimum atomic E-state index is 0.587. The maximum atomic E-state index is 11.0. The highest BCUT2D eigenvalue weighted by Gasteiger charge is 2.05. The average molecular weight is 256 g/mol. The third kappa shape index (κ3) is 3.37. The van der Waals surface area contributed by atoms with E-state index in [1.165, 1.54) is 0 Å². The average Bonchev–Trinajstić information content (AvgIpc) is 2.45. The Morgan fingerprint density at radius 1 is 1.16 bits per heavy atom. The Bertz CT molecular complexity index is 565. The van der Waals surface area contributed by atoms with E-state index in [4.69, 9.17) is 4.74 Å². The second-order valence-corrected chi connectivity index (χ2v) is 4.28. The Balaban J connectivity index is 2.38. The van der Waals surface area contributed by atoms with Gasteiger partial charge in [-0.1, -0.05) is 6.92 Å². The van der Waals surface area contributed by atoms with E-state index in [0.717, 1.165) is 29.7 Å². The largest absolute Gasteiger partial charge is 0.494 e. The molecule has 0 aliphatic carbocycles. The first-order chi connectivity index (χ1) is 9.22. The van der Waals surface area contributed by atoms with Gasteiger partial charge in [0.1, 0.15) is 17.9 Å². The van der Waals surface area contributed by atoms with Gasteiger partial charge in [0.25, 0.3) is 0 Å². The molecule has 1 aromatic heterocycles. The number of aldehydes is 1. The van der Waals surface area contributed by atoms with E-state index in [1.54, 1.807) is 24.5 Å². The van der Waals surface area contributed by atoms with E-state index >= 15 is 0 Å². The van der Waals surface area contributed by atoms with Crippen LogP contribution >= 0.6 is 0 Å². The highest BCUT2D eigenvalue weighted by molar-refractivity contribution is 5.80. The van der Waals surface area contributed by atoms with Crippen LogP contribution in [0.2, 0.25) is 0 Å². The van der Waals surface area contributed by atoms with Crippen molar-refractivity contribution >= 4 is 6.29 Å². The number of hydrogen-bond acceptors (Lipinski definition) is 4. The highest BCUT2D eigenvalue weighted by Crippen LogP contribution is 2.25. The molecule has 19 heavy (non-hydrogen) atoms. The summed E-state index contributed by atoms with van der Waals surface area (Å²) in [5, 5.41) is 0. The van der Waals surface area contributed by atoms with Gasteiger partial charge in [-0.05, 0) is 37.1 Å². The number of nitrogens with zero attached hydrogens (tertiary/aromatic N) is 2. The molecule has 0 saturated carbocycles. The lowest BCUT2D eigenvalue weighted by atomic mass is 10.1. The van der Waals surface area contributed by atoms with Gasteiger partial charge in [-0.3, -0.25) is 4.79 Å². The van der Waals surface area contributed by atoms with Crippen molar-refractivity contribution in [3.05, 3.63) is 42.0 Å². The first kappa shape index (κ1) is 13.2. The standard InChI is InChI=1S/C15H16N2O2/c1-3-4-19-15-6-12(10-18)5-13(7-15)14-8-16-11(2)17-9-14/h5-10H,3-4H2,1-2H3. The molecule has 0 bridgehead atoms. The van der Waals surface area contributed by atoms with Crippen LogP contribution in [0.4, 0.5) is 0 Å². The Morgan fingerprint density at radius 3 is 2.53 bits per heavy atom. The van der Waals surface area contributed by atoms with Crippen LogP contribution in [0, 0.1) is 6.92 Å². The van der Waals surface area contributed by atoms with Crippen molar-refractivity contribution in [3.8, 4) is 16.9 Å². The molecule has 0 atom stereocenters. The van der Waals surface area contributed by atoms with Crippen LogP contribution < -0.4 is 4.74 Å². The molecule has 0 spiro atoms. The summed E-state index contributed by atoms with van der Waals surface area (Å²) in [6.07, 6.45) is 5.23. The minimum absolute atomic E-state index is 0.587. The second kappa shape index (κ2) is 6.09. The highest BCUT2D eigenvalue weighted by atomic mass is 16.5. The molecule has 2 aromatic rings. The molecular formula is C15H16N2O2. The molecule has 0 fully saturated rings. The number of aryl methyl sites for hydroxylation is 1. The number of hydrogen-bond donors (Lipinski definition) is 0. The molecule has 0 radical (unpaired) electrons. The summed E-state index contributed by atoms with van der Waals surface area (Å²) >= 11 is 0. The maximum Gasteiger partial charge on any atom is 0.150 e. The van der Waals surface area contributed by atoms with Gasteiger partial charge in [0.15, 0.2) is 0 Å². The summed E-state index contributed by atoms with van der Waals surface area (Å²) in [5.41, 5.74) is 2.34. The van der Waals surface area contributed by atoms with Gasteiger partial charge < -0.3 is 4.74 Å². The topological polar surface area (TPSA) is 52.1 Å². The molecule has 1 aromatic carbocycles. The molecule has 0 unspecified atom stereocenters. The number of benzene rings is 1. The Labute approximate surface area is 112 Å². The fourth-order valence-corrected chi connectivity index (χ4v) is 1.70. The van der Waals surface area contributed by atoms with E-state index in [1.807, 2.05) is 19.9 Å². The lowest BCUT2D eigenvalue weighted by Gasteiger charge is -2.08. The third-order valence-corrected chi connectivity index (χ3v) is 2.65. The summed E-state index contributed by atoms with van der Waals surface area (Å²) in [7, 11) is 0. The van der Waals surface area contributed by atoms with Gasteiger partial charge in [0.05, 0.1) is 6.61 Å². The molecule has 0 N–H and O–H groups in total. The van der Waals surface area contributed by atoms with Crippen LogP contribution in [0.25, 0.3) is 11.1 Å². The van der Waals surface area contributed by atoms with Crippen molar-refractivity contribution in [1.29, 1.82) is 0 Å². The number of ether oxygens (including phenoxy) is 1. The molecule has 1 heterocycles. The van der Waals surface area contributed by atoms with Crippen molar-refractivity contribution in [2.75, 3.05) is 6.61 Å². The molecular weight excluding hydrogens is 240 g/mol. The zero-order valence-corrected chi connectivity index (χ0v) is 11.1. The molecule has 4 heteroatoms. The third-order valence-electron chi connectivity index (χ3n) is 2.65. The van der Waals surface area contributed by atoms with Crippen molar-refractivity contribution in [1.82, 2.24) is 9.97 Å². The monoisotopic (exact) mass is 256 g/mol. The Morgan fingerprint density at radius 2 is 1.89 bits per heavy atom. The van der Waals surface area contributed by atoms with Crippen molar-refractivity contribution in [2.24, 2.45) is 0 Å². The molecule has 0 aliphatic heterocycles. The van der Waals surface area contributed by atoms with Crippen LogP contribution in [0.15, 0.2) is 30.6 Å². The summed E-state index contributed by atoms with van der Waals surface area (Å²) in [6.45, 7) is 4.51. The van der Waals surface area contributed by atoms with Crippen LogP contribution in [0.5, 0.6) is 5.75 Å². The lowest BCUT2D eigenvalue weighted by Crippen LogP contribution is -1.97. The normalized spacial score (nSPS) is 10.2. The van der Waals surface area contributed by atoms with Gasteiger partial charge >= 0.3 is 0 Å². The second-order valence-electron chi connectivity index (χ2n) is 4.28. The number of rotatable bonds is 5. The maximum absolute atomic E-state index is 11.0. The van der Waals surface area contributed by atoms with E-state index in [0.29, 0.717) is 17.9 Å². The summed E-state index contributed by atoms with van der Waals surface area (Å²) < 4.78 is 5.58. The molecule has 0 aliphatic rings. The quantitative estimate of drug-likeness (QED) is 0.771. The van der Waals surface area contributed by atoms with Gasteiger partial charge in [0, 0.05) is 23.5 Å². The summed E-state index contributed by atoms with van der Waals surface area (Å²) in [4.78, 5) is 19.3. The fraction of sp³-hybridized carbons (Fsp3) is 0.267. The zero-order valence-electron chi connectivity index (χ0n) is 11.1. The predicted molar refractivity (Wildman–Crippen MR) is 73.4 cm³/mol. The summed E-state index contributed by atoms with van der Waals surface area (Å²) in [6, 6.07) is 5.44. The van der Waals surface area contributed by atoms with Crippen LogP contribution in [-0.4, -0.2) is 22.9 Å². The Hall–Kier alpha value is -2.23. The van der Waals surface area contributed by atoms with Crippen LogP contribution in [-0.2, 0) is 0 Å². The molecule has 2 rings (SSSR count).